The van der Waals surface area contributed by atoms with E-state index in [9.17, 15) is 18.0 Å². The number of benzene rings is 2. The van der Waals surface area contributed by atoms with E-state index < -0.39 is 16.1 Å². The van der Waals surface area contributed by atoms with Gasteiger partial charge in [-0.15, -0.1) is 0 Å². The summed E-state index contributed by atoms with van der Waals surface area (Å²) in [5.74, 6) is -0.327. The number of fused-ring (bicyclic) bond motifs is 3. The Morgan fingerprint density at radius 2 is 1.68 bits per heavy atom. The van der Waals surface area contributed by atoms with Gasteiger partial charge in [-0.1, -0.05) is 29.8 Å². The number of rotatable bonds is 3. The third-order valence-electron chi connectivity index (χ3n) is 5.41. The first-order valence-corrected chi connectivity index (χ1v) is 11.8. The Bertz CT molecular complexity index is 1130. The third-order valence-corrected chi connectivity index (χ3v) is 7.46. The van der Waals surface area contributed by atoms with Gasteiger partial charge in [0, 0.05) is 42.3 Å². The number of carbonyl (C=O) groups excluding carboxylic acids is 2. The van der Waals surface area contributed by atoms with Gasteiger partial charge in [-0.2, -0.15) is 0 Å². The van der Waals surface area contributed by atoms with Gasteiger partial charge in [0.25, 0.3) is 10.0 Å². The second kappa shape index (κ2) is 8.39. The molecule has 2 aliphatic rings. The van der Waals surface area contributed by atoms with Crippen molar-refractivity contribution in [3.8, 4) is 11.1 Å². The molecule has 0 spiro atoms. The van der Waals surface area contributed by atoms with Crippen molar-refractivity contribution in [2.24, 2.45) is 0 Å². The molecule has 10 heteroatoms. The highest BCUT2D eigenvalue weighted by molar-refractivity contribution is 7.93. The summed E-state index contributed by atoms with van der Waals surface area (Å²) in [7, 11) is -3.92. The molecule has 164 valence electrons. The van der Waals surface area contributed by atoms with Crippen LogP contribution in [0.4, 0.5) is 10.5 Å². The average molecular weight is 464 g/mol. The third kappa shape index (κ3) is 3.95. The monoisotopic (exact) mass is 463 g/mol. The van der Waals surface area contributed by atoms with Gasteiger partial charge in [0.05, 0.1) is 17.2 Å². The zero-order valence-electron chi connectivity index (χ0n) is 17.0. The van der Waals surface area contributed by atoms with E-state index in [0.29, 0.717) is 48.0 Å². The summed E-state index contributed by atoms with van der Waals surface area (Å²) in [5.41, 5.74) is 1.64. The number of nitrogens with zero attached hydrogens (tertiary/aromatic N) is 3. The molecule has 2 amide bonds. The molecule has 2 aliphatic heterocycles. The molecule has 2 aromatic rings. The van der Waals surface area contributed by atoms with E-state index in [1.54, 1.807) is 53.1 Å². The van der Waals surface area contributed by atoms with Crippen molar-refractivity contribution in [1.29, 1.82) is 0 Å². The van der Waals surface area contributed by atoms with Gasteiger partial charge in [0.2, 0.25) is 5.91 Å². The molecule has 0 aromatic heterocycles. The van der Waals surface area contributed by atoms with E-state index in [0.717, 1.165) is 4.31 Å². The lowest BCUT2D eigenvalue weighted by molar-refractivity contribution is -0.131. The minimum absolute atomic E-state index is 0.143. The van der Waals surface area contributed by atoms with Crippen LogP contribution in [0.5, 0.6) is 0 Å². The van der Waals surface area contributed by atoms with E-state index in [2.05, 4.69) is 0 Å². The van der Waals surface area contributed by atoms with Crippen molar-refractivity contribution >= 4 is 39.3 Å². The summed E-state index contributed by atoms with van der Waals surface area (Å²) in [4.78, 5) is 28.1. The number of piperazine rings is 1. The fourth-order valence-electron chi connectivity index (χ4n) is 3.85. The molecule has 0 atom stereocenters. The van der Waals surface area contributed by atoms with E-state index >= 15 is 0 Å². The zero-order valence-corrected chi connectivity index (χ0v) is 18.5. The van der Waals surface area contributed by atoms with Crippen LogP contribution in [0.25, 0.3) is 11.1 Å². The number of halogens is 1. The summed E-state index contributed by atoms with van der Waals surface area (Å²) < 4.78 is 32.8. The van der Waals surface area contributed by atoms with E-state index in [-0.39, 0.29) is 24.0 Å². The Labute approximate surface area is 186 Å². The lowest BCUT2D eigenvalue weighted by Gasteiger charge is -2.36. The Hall–Kier alpha value is -2.78. The van der Waals surface area contributed by atoms with Crippen LogP contribution in [0.2, 0.25) is 5.02 Å². The largest absolute Gasteiger partial charge is 0.450 e. The van der Waals surface area contributed by atoms with Crippen LogP contribution < -0.4 is 4.31 Å². The zero-order chi connectivity index (χ0) is 22.2. The molecule has 0 saturated carbocycles. The number of hydrogen-bond acceptors (Lipinski definition) is 5. The smallest absolute Gasteiger partial charge is 0.409 e. The van der Waals surface area contributed by atoms with E-state index in [1.165, 1.54) is 6.07 Å². The highest BCUT2D eigenvalue weighted by Crippen LogP contribution is 2.43. The minimum Gasteiger partial charge on any atom is -0.450 e. The molecule has 0 radical (unpaired) electrons. The van der Waals surface area contributed by atoms with Gasteiger partial charge in [-0.25, -0.2) is 13.2 Å². The molecule has 2 heterocycles. The second-order valence-electron chi connectivity index (χ2n) is 7.24. The standard InChI is InChI=1S/C21H22ClN3O5S/c1-2-30-21(27)24-11-9-23(10-12-24)20(26)14-25-18-8-7-15(22)13-17(18)16-5-3-4-6-19(16)31(25,28)29/h3-8,13H,2,9-12,14H2,1H3. The highest BCUT2D eigenvalue weighted by atomic mass is 35.5. The lowest BCUT2D eigenvalue weighted by Crippen LogP contribution is -2.53. The molecule has 4 rings (SSSR count). The number of sulfonamides is 1. The Balaban J connectivity index is 1.58. The van der Waals surface area contributed by atoms with Gasteiger partial charge in [0.15, 0.2) is 0 Å². The maximum atomic E-state index is 13.3. The molecular weight excluding hydrogens is 442 g/mol. The number of amides is 2. The number of anilines is 1. The van der Waals surface area contributed by atoms with Crippen LogP contribution in [-0.4, -0.2) is 69.5 Å². The van der Waals surface area contributed by atoms with Crippen LogP contribution >= 0.6 is 11.6 Å². The molecule has 0 aliphatic carbocycles. The molecule has 0 unspecified atom stereocenters. The van der Waals surface area contributed by atoms with Crippen LogP contribution in [0, 0.1) is 0 Å². The predicted octanol–water partition coefficient (Wildman–Crippen LogP) is 2.82. The van der Waals surface area contributed by atoms with Gasteiger partial charge in [-0.3, -0.25) is 9.10 Å². The Kier molecular flexibility index (Phi) is 5.81. The van der Waals surface area contributed by atoms with Crippen molar-refractivity contribution < 1.29 is 22.7 Å². The summed E-state index contributed by atoms with van der Waals surface area (Å²) in [5, 5.41) is 0.481. The van der Waals surface area contributed by atoms with Gasteiger partial charge < -0.3 is 14.5 Å². The molecule has 1 saturated heterocycles. The Morgan fingerprint density at radius 3 is 2.39 bits per heavy atom. The first kappa shape index (κ1) is 21.5. The number of carbonyl (C=O) groups is 2. The number of hydrogen-bond donors (Lipinski definition) is 0. The quantitative estimate of drug-likeness (QED) is 0.698. The normalized spacial score (nSPS) is 17.0. The number of ether oxygens (including phenoxy) is 1. The molecule has 0 bridgehead atoms. The maximum Gasteiger partial charge on any atom is 0.409 e. The Morgan fingerprint density at radius 1 is 1.00 bits per heavy atom. The minimum atomic E-state index is -3.92. The first-order chi connectivity index (χ1) is 14.8. The van der Waals surface area contributed by atoms with E-state index in [4.69, 9.17) is 16.3 Å². The molecule has 8 nitrogen and oxygen atoms in total. The van der Waals surface area contributed by atoms with Crippen LogP contribution in [0.3, 0.4) is 0 Å². The molecule has 31 heavy (non-hydrogen) atoms. The highest BCUT2D eigenvalue weighted by Gasteiger charge is 2.37. The van der Waals surface area contributed by atoms with Crippen molar-refractivity contribution in [3.63, 3.8) is 0 Å². The van der Waals surface area contributed by atoms with Gasteiger partial charge >= 0.3 is 6.09 Å². The van der Waals surface area contributed by atoms with Crippen molar-refractivity contribution in [3.05, 3.63) is 47.5 Å². The summed E-state index contributed by atoms with van der Waals surface area (Å²) in [6.07, 6.45) is -0.407. The summed E-state index contributed by atoms with van der Waals surface area (Å²) in [6, 6.07) is 11.6. The van der Waals surface area contributed by atoms with E-state index in [1.807, 2.05) is 0 Å². The molecular formula is C21H22ClN3O5S. The van der Waals surface area contributed by atoms with Gasteiger partial charge in [-0.05, 0) is 31.2 Å². The predicted molar refractivity (Wildman–Crippen MR) is 117 cm³/mol. The van der Waals surface area contributed by atoms with Crippen LogP contribution in [-0.2, 0) is 19.6 Å². The fourth-order valence-corrected chi connectivity index (χ4v) is 5.66. The fraction of sp³-hybridized carbons (Fsp3) is 0.333. The maximum absolute atomic E-state index is 13.3. The average Bonchev–Trinajstić information content (AvgIpc) is 2.77. The van der Waals surface area contributed by atoms with Gasteiger partial charge in [0.1, 0.15) is 6.54 Å². The second-order valence-corrected chi connectivity index (χ2v) is 9.50. The SMILES string of the molecule is CCOC(=O)N1CCN(C(=O)CN2c3ccc(Cl)cc3-c3ccccc3S2(=O)=O)CC1. The van der Waals surface area contributed by atoms with Crippen molar-refractivity contribution in [1.82, 2.24) is 9.80 Å². The van der Waals surface area contributed by atoms with Crippen LogP contribution in [0.1, 0.15) is 6.92 Å². The summed E-state index contributed by atoms with van der Waals surface area (Å²) in [6.45, 7) is 3.00. The lowest BCUT2D eigenvalue weighted by atomic mass is 10.0. The summed E-state index contributed by atoms with van der Waals surface area (Å²) >= 11 is 6.17. The topological polar surface area (TPSA) is 87.2 Å². The molecule has 2 aromatic carbocycles. The molecule has 1 fully saturated rings. The molecule has 0 N–H and O–H groups in total. The first-order valence-electron chi connectivity index (χ1n) is 9.94. The van der Waals surface area contributed by atoms with Crippen molar-refractivity contribution in [2.75, 3.05) is 43.6 Å². The van der Waals surface area contributed by atoms with Crippen LogP contribution in [0.15, 0.2) is 47.4 Å². The van der Waals surface area contributed by atoms with Crippen molar-refractivity contribution in [2.45, 2.75) is 11.8 Å².